The number of likely N-dealkylation sites (tertiary alicyclic amines) is 1. The zero-order valence-corrected chi connectivity index (χ0v) is 16.4. The summed E-state index contributed by atoms with van der Waals surface area (Å²) in [5.74, 6) is 1.23. The molecule has 6 nitrogen and oxygen atoms in total. The Kier molecular flexibility index (Phi) is 5.39. The predicted molar refractivity (Wildman–Crippen MR) is 108 cm³/mol. The maximum absolute atomic E-state index is 12.9. The molecule has 1 N–H and O–H groups in total. The van der Waals surface area contributed by atoms with Gasteiger partial charge in [-0.05, 0) is 50.3 Å². The number of amides is 1. The smallest absolute Gasteiger partial charge is 0.253 e. The van der Waals surface area contributed by atoms with Crippen LogP contribution < -0.4 is 0 Å². The van der Waals surface area contributed by atoms with Crippen LogP contribution in [0, 0.1) is 6.92 Å². The molecule has 1 aromatic carbocycles. The van der Waals surface area contributed by atoms with Gasteiger partial charge >= 0.3 is 0 Å². The monoisotopic (exact) mass is 378 g/mol. The molecule has 3 heterocycles. The van der Waals surface area contributed by atoms with E-state index in [2.05, 4.69) is 9.97 Å². The number of benzene rings is 1. The van der Waals surface area contributed by atoms with Crippen molar-refractivity contribution in [3.63, 3.8) is 0 Å². The highest BCUT2D eigenvalue weighted by Crippen LogP contribution is 2.30. The molecule has 0 saturated carbocycles. The van der Waals surface area contributed by atoms with Gasteiger partial charge < -0.3 is 14.6 Å². The van der Waals surface area contributed by atoms with Gasteiger partial charge in [0.1, 0.15) is 5.82 Å². The molecule has 0 unspecified atom stereocenters. The van der Waals surface area contributed by atoms with E-state index in [4.69, 9.17) is 9.72 Å². The zero-order valence-electron chi connectivity index (χ0n) is 16.4. The van der Waals surface area contributed by atoms with E-state index in [9.17, 15) is 4.79 Å². The van der Waals surface area contributed by atoms with Crippen LogP contribution in [0.4, 0.5) is 0 Å². The van der Waals surface area contributed by atoms with Crippen LogP contribution in [0.3, 0.4) is 0 Å². The summed E-state index contributed by atoms with van der Waals surface area (Å²) in [6.07, 6.45) is 5.60. The van der Waals surface area contributed by atoms with E-state index in [-0.39, 0.29) is 5.91 Å². The number of H-pyrrole nitrogens is 1. The number of nitrogens with zero attached hydrogens (tertiary/aromatic N) is 3. The Hall–Kier alpha value is -2.73. The zero-order chi connectivity index (χ0) is 19.5. The summed E-state index contributed by atoms with van der Waals surface area (Å²) in [6, 6.07) is 7.87. The van der Waals surface area contributed by atoms with Gasteiger partial charge in [0.15, 0.2) is 0 Å². The molecular formula is C22H26N4O2. The molecule has 3 aromatic rings. The molecule has 0 spiro atoms. The molecule has 1 fully saturated rings. The number of fused-ring (bicyclic) bond motifs is 1. The normalized spacial score (nSPS) is 15.3. The van der Waals surface area contributed by atoms with Crippen molar-refractivity contribution in [3.8, 4) is 0 Å². The van der Waals surface area contributed by atoms with E-state index in [1.807, 2.05) is 55.4 Å². The minimum Gasteiger partial charge on any atom is -0.377 e. The average Bonchev–Trinajstić information content (AvgIpc) is 3.20. The summed E-state index contributed by atoms with van der Waals surface area (Å²) >= 11 is 0. The molecule has 6 heteroatoms. The topological polar surface area (TPSA) is 71.1 Å². The fourth-order valence-corrected chi connectivity index (χ4v) is 3.91. The van der Waals surface area contributed by atoms with Crippen molar-refractivity contribution < 1.29 is 9.53 Å². The standard InChI is InChI=1S/C22H26N4O2/c1-3-28-14-19-13-24-15(2)25-21(19)17-7-10-26(11-8-17)22(27)18-5-4-16-6-9-23-20(16)12-18/h4-6,9,12-13,17,23H,3,7-8,10-11,14H2,1-2H3. The Bertz CT molecular complexity index is 974. The maximum atomic E-state index is 12.9. The molecule has 2 aromatic heterocycles. The first-order chi connectivity index (χ1) is 13.7. The van der Waals surface area contributed by atoms with Gasteiger partial charge in [-0.1, -0.05) is 6.07 Å². The summed E-state index contributed by atoms with van der Waals surface area (Å²) in [7, 11) is 0. The summed E-state index contributed by atoms with van der Waals surface area (Å²) < 4.78 is 5.59. The molecule has 0 atom stereocenters. The van der Waals surface area contributed by atoms with E-state index in [1.54, 1.807) is 0 Å². The summed E-state index contributed by atoms with van der Waals surface area (Å²) in [6.45, 7) is 6.60. The van der Waals surface area contributed by atoms with Crippen LogP contribution in [0.2, 0.25) is 0 Å². The minimum absolute atomic E-state index is 0.100. The maximum Gasteiger partial charge on any atom is 0.253 e. The van der Waals surface area contributed by atoms with Gasteiger partial charge in [0.2, 0.25) is 0 Å². The summed E-state index contributed by atoms with van der Waals surface area (Å²) in [4.78, 5) is 27.1. The second kappa shape index (κ2) is 8.10. The first-order valence-electron chi connectivity index (χ1n) is 9.92. The number of piperidine rings is 1. The molecule has 4 rings (SSSR count). The van der Waals surface area contributed by atoms with Crippen molar-refractivity contribution in [2.24, 2.45) is 0 Å². The highest BCUT2D eigenvalue weighted by atomic mass is 16.5. The lowest BCUT2D eigenvalue weighted by atomic mass is 9.90. The van der Waals surface area contributed by atoms with Crippen LogP contribution in [-0.4, -0.2) is 45.5 Å². The molecule has 0 bridgehead atoms. The van der Waals surface area contributed by atoms with Gasteiger partial charge in [0.25, 0.3) is 5.91 Å². The number of ether oxygens (including phenoxy) is 1. The first kappa shape index (κ1) is 18.6. The Morgan fingerprint density at radius 2 is 2.11 bits per heavy atom. The lowest BCUT2D eigenvalue weighted by molar-refractivity contribution is 0.0710. The van der Waals surface area contributed by atoms with Crippen molar-refractivity contribution >= 4 is 16.8 Å². The van der Waals surface area contributed by atoms with Gasteiger partial charge in [-0.15, -0.1) is 0 Å². The number of hydrogen-bond donors (Lipinski definition) is 1. The molecule has 1 aliphatic heterocycles. The van der Waals surface area contributed by atoms with E-state index < -0.39 is 0 Å². The van der Waals surface area contributed by atoms with E-state index in [0.717, 1.165) is 59.5 Å². The second-order valence-corrected chi connectivity index (χ2v) is 7.31. The van der Waals surface area contributed by atoms with Crippen LogP contribution >= 0.6 is 0 Å². The van der Waals surface area contributed by atoms with Gasteiger partial charge in [-0.2, -0.15) is 0 Å². The van der Waals surface area contributed by atoms with Gasteiger partial charge in [-0.25, -0.2) is 9.97 Å². The van der Waals surface area contributed by atoms with Crippen LogP contribution in [0.25, 0.3) is 10.9 Å². The molecule has 28 heavy (non-hydrogen) atoms. The number of aromatic nitrogens is 3. The molecule has 0 aliphatic carbocycles. The van der Waals surface area contributed by atoms with Crippen molar-refractivity contribution in [2.45, 2.75) is 39.2 Å². The summed E-state index contributed by atoms with van der Waals surface area (Å²) in [5, 5.41) is 1.12. The number of carbonyl (C=O) groups excluding carboxylic acids is 1. The second-order valence-electron chi connectivity index (χ2n) is 7.31. The van der Waals surface area contributed by atoms with Crippen molar-refractivity contribution in [1.29, 1.82) is 0 Å². The van der Waals surface area contributed by atoms with Crippen LogP contribution in [0.5, 0.6) is 0 Å². The first-order valence-corrected chi connectivity index (χ1v) is 9.92. The highest BCUT2D eigenvalue weighted by molar-refractivity contribution is 5.98. The number of rotatable bonds is 5. The van der Waals surface area contributed by atoms with Crippen LogP contribution in [0.1, 0.15) is 53.1 Å². The average molecular weight is 378 g/mol. The Morgan fingerprint density at radius 1 is 1.29 bits per heavy atom. The van der Waals surface area contributed by atoms with Crippen LogP contribution in [-0.2, 0) is 11.3 Å². The summed E-state index contributed by atoms with van der Waals surface area (Å²) in [5.41, 5.74) is 3.89. The SMILES string of the molecule is CCOCc1cnc(C)nc1C1CCN(C(=O)c2ccc3cc[nH]c3c2)CC1. The number of hydrogen-bond acceptors (Lipinski definition) is 4. The number of carbonyl (C=O) groups is 1. The molecule has 1 aliphatic rings. The molecule has 1 amide bonds. The lowest BCUT2D eigenvalue weighted by Gasteiger charge is -2.32. The van der Waals surface area contributed by atoms with Gasteiger partial charge in [-0.3, -0.25) is 4.79 Å². The quantitative estimate of drug-likeness (QED) is 0.733. The van der Waals surface area contributed by atoms with Gasteiger partial charge in [0.05, 0.1) is 12.3 Å². The molecule has 146 valence electrons. The fourth-order valence-electron chi connectivity index (χ4n) is 3.91. The van der Waals surface area contributed by atoms with Gasteiger partial charge in [0, 0.05) is 54.7 Å². The number of aryl methyl sites for hydroxylation is 1. The molecular weight excluding hydrogens is 352 g/mol. The third kappa shape index (κ3) is 3.78. The molecule has 1 saturated heterocycles. The van der Waals surface area contributed by atoms with E-state index in [1.165, 1.54) is 0 Å². The van der Waals surface area contributed by atoms with E-state index in [0.29, 0.717) is 19.1 Å². The Morgan fingerprint density at radius 3 is 2.89 bits per heavy atom. The van der Waals surface area contributed by atoms with E-state index >= 15 is 0 Å². The Balaban J connectivity index is 1.45. The van der Waals surface area contributed by atoms with Crippen molar-refractivity contribution in [2.75, 3.05) is 19.7 Å². The fraction of sp³-hybridized carbons (Fsp3) is 0.409. The van der Waals surface area contributed by atoms with Crippen molar-refractivity contribution in [1.82, 2.24) is 19.9 Å². The highest BCUT2D eigenvalue weighted by Gasteiger charge is 2.27. The third-order valence-corrected chi connectivity index (χ3v) is 5.45. The predicted octanol–water partition coefficient (Wildman–Crippen LogP) is 3.82. The van der Waals surface area contributed by atoms with Crippen molar-refractivity contribution in [3.05, 3.63) is 59.3 Å². The number of nitrogens with one attached hydrogen (secondary N) is 1. The van der Waals surface area contributed by atoms with Crippen LogP contribution in [0.15, 0.2) is 36.7 Å². The molecule has 0 radical (unpaired) electrons. The lowest BCUT2D eigenvalue weighted by Crippen LogP contribution is -2.38. The minimum atomic E-state index is 0.100. The number of aromatic amines is 1. The Labute approximate surface area is 164 Å². The third-order valence-electron chi connectivity index (χ3n) is 5.45. The largest absolute Gasteiger partial charge is 0.377 e.